The lowest BCUT2D eigenvalue weighted by Gasteiger charge is -2.05. The summed E-state index contributed by atoms with van der Waals surface area (Å²) in [5, 5.41) is 2.90. The Kier molecular flexibility index (Phi) is 5.01. The predicted molar refractivity (Wildman–Crippen MR) is 86.6 cm³/mol. The van der Waals surface area contributed by atoms with Crippen LogP contribution < -0.4 is 11.1 Å². The van der Waals surface area contributed by atoms with E-state index in [2.05, 4.69) is 37.2 Å². The van der Waals surface area contributed by atoms with Gasteiger partial charge in [-0.25, -0.2) is 0 Å². The molecule has 19 heavy (non-hydrogen) atoms. The van der Waals surface area contributed by atoms with Crippen molar-refractivity contribution >= 4 is 54.8 Å². The van der Waals surface area contributed by atoms with Crippen LogP contribution in [0.4, 0.5) is 5.69 Å². The van der Waals surface area contributed by atoms with Gasteiger partial charge in [-0.05, 0) is 62.0 Å². The molecule has 3 nitrogen and oxygen atoms in total. The van der Waals surface area contributed by atoms with Gasteiger partial charge in [-0.3, -0.25) is 4.79 Å². The molecule has 1 heterocycles. The molecule has 0 fully saturated rings. The van der Waals surface area contributed by atoms with Crippen molar-refractivity contribution in [2.75, 3.05) is 12.3 Å². The third-order valence-corrected chi connectivity index (χ3v) is 4.92. The number of carbonyl (C=O) groups is 1. The van der Waals surface area contributed by atoms with E-state index in [4.69, 9.17) is 5.73 Å². The van der Waals surface area contributed by atoms with Crippen molar-refractivity contribution in [3.05, 3.63) is 49.0 Å². The van der Waals surface area contributed by atoms with Gasteiger partial charge in [-0.2, -0.15) is 0 Å². The quantitative estimate of drug-likeness (QED) is 0.762. The number of nitrogens with one attached hydrogen (secondary N) is 1. The molecule has 0 atom stereocenters. The molecule has 0 saturated carbocycles. The lowest BCUT2D eigenvalue weighted by Crippen LogP contribution is -2.25. The summed E-state index contributed by atoms with van der Waals surface area (Å²) in [6, 6.07) is 9.48. The van der Waals surface area contributed by atoms with Gasteiger partial charge in [0.1, 0.15) is 0 Å². The van der Waals surface area contributed by atoms with Crippen molar-refractivity contribution in [3.8, 4) is 0 Å². The number of carbonyl (C=O) groups excluding carboxylic acids is 1. The number of hydrogen-bond acceptors (Lipinski definition) is 3. The summed E-state index contributed by atoms with van der Waals surface area (Å²) in [4.78, 5) is 11.9. The van der Waals surface area contributed by atoms with Gasteiger partial charge in [0.05, 0.1) is 13.1 Å². The summed E-state index contributed by atoms with van der Waals surface area (Å²) in [6.07, 6.45) is 0.787. The normalized spacial score (nSPS) is 10.4. The number of thiophene rings is 1. The zero-order valence-electron chi connectivity index (χ0n) is 9.95. The zero-order chi connectivity index (χ0) is 13.8. The van der Waals surface area contributed by atoms with Gasteiger partial charge in [0, 0.05) is 12.2 Å². The lowest BCUT2D eigenvalue weighted by molar-refractivity contribution is 0.0954. The molecule has 0 aliphatic carbocycles. The highest BCUT2D eigenvalue weighted by atomic mass is 79.9. The second-order valence-corrected chi connectivity index (χ2v) is 7.73. The highest BCUT2D eigenvalue weighted by molar-refractivity contribution is 9.12. The van der Waals surface area contributed by atoms with Gasteiger partial charge in [-0.15, -0.1) is 11.3 Å². The smallest absolute Gasteiger partial charge is 0.253 e. The minimum atomic E-state index is -0.0655. The molecule has 0 spiro atoms. The molecule has 1 aromatic carbocycles. The second kappa shape index (κ2) is 6.54. The lowest BCUT2D eigenvalue weighted by atomic mass is 10.1. The van der Waals surface area contributed by atoms with Crippen molar-refractivity contribution in [1.82, 2.24) is 5.32 Å². The number of benzene rings is 1. The van der Waals surface area contributed by atoms with E-state index in [1.165, 1.54) is 11.3 Å². The van der Waals surface area contributed by atoms with Crippen LogP contribution >= 0.6 is 43.2 Å². The second-order valence-electron chi connectivity index (χ2n) is 3.99. The maximum Gasteiger partial charge on any atom is 0.253 e. The summed E-state index contributed by atoms with van der Waals surface area (Å²) in [5.41, 5.74) is 8.18. The van der Waals surface area contributed by atoms with Crippen LogP contribution in [-0.4, -0.2) is 12.5 Å². The van der Waals surface area contributed by atoms with E-state index < -0.39 is 0 Å². The molecule has 1 aromatic heterocycles. The molecular weight excluding hydrogens is 392 g/mol. The van der Waals surface area contributed by atoms with Crippen molar-refractivity contribution in [2.45, 2.75) is 6.42 Å². The number of nitrogens with two attached hydrogens (primary N) is 1. The Morgan fingerprint density at radius 2 is 1.95 bits per heavy atom. The fraction of sp³-hybridized carbons (Fsp3) is 0.154. The third-order valence-electron chi connectivity index (χ3n) is 2.58. The Hall–Kier alpha value is -0.850. The molecule has 0 saturated heterocycles. The maximum atomic E-state index is 11.9. The molecule has 2 aromatic rings. The fourth-order valence-electron chi connectivity index (χ4n) is 1.59. The third kappa shape index (κ3) is 4.06. The van der Waals surface area contributed by atoms with E-state index in [0.29, 0.717) is 12.1 Å². The van der Waals surface area contributed by atoms with Gasteiger partial charge in [-0.1, -0.05) is 12.1 Å². The molecule has 2 rings (SSSR count). The number of amides is 1. The van der Waals surface area contributed by atoms with E-state index in [-0.39, 0.29) is 5.91 Å². The summed E-state index contributed by atoms with van der Waals surface area (Å²) in [5.74, 6) is -0.0655. The summed E-state index contributed by atoms with van der Waals surface area (Å²) < 4.78 is 1.77. The number of hydrogen-bond donors (Lipinski definition) is 2. The predicted octanol–water partition coefficient (Wildman–Crippen LogP) is 3.83. The molecule has 100 valence electrons. The zero-order valence-corrected chi connectivity index (χ0v) is 13.9. The van der Waals surface area contributed by atoms with Crippen LogP contribution in [0.1, 0.15) is 15.9 Å². The summed E-state index contributed by atoms with van der Waals surface area (Å²) in [6.45, 7) is 0.600. The standard InChI is InChI=1S/C13H12Br2N2OS/c14-11-7-10(12(15)19-11)13(18)17-6-5-8-1-3-9(16)4-2-8/h1-4,7H,5-6,16H2,(H,17,18). The molecule has 0 unspecified atom stereocenters. The Bertz CT molecular complexity index is 581. The van der Waals surface area contributed by atoms with Gasteiger partial charge >= 0.3 is 0 Å². The van der Waals surface area contributed by atoms with E-state index in [1.807, 2.05) is 30.3 Å². The largest absolute Gasteiger partial charge is 0.399 e. The first-order valence-corrected chi connectivity index (χ1v) is 8.04. The van der Waals surface area contributed by atoms with E-state index in [1.54, 1.807) is 0 Å². The molecule has 0 radical (unpaired) electrons. The van der Waals surface area contributed by atoms with E-state index >= 15 is 0 Å². The van der Waals surface area contributed by atoms with Crippen LogP contribution in [0, 0.1) is 0 Å². The average molecular weight is 404 g/mol. The number of anilines is 1. The Labute approximate surface area is 132 Å². The molecule has 6 heteroatoms. The van der Waals surface area contributed by atoms with Crippen LogP contribution in [0.15, 0.2) is 37.9 Å². The number of rotatable bonds is 4. The monoisotopic (exact) mass is 402 g/mol. The highest BCUT2D eigenvalue weighted by Crippen LogP contribution is 2.31. The first-order valence-electron chi connectivity index (χ1n) is 5.63. The van der Waals surface area contributed by atoms with Crippen molar-refractivity contribution in [1.29, 1.82) is 0 Å². The van der Waals surface area contributed by atoms with Crippen molar-refractivity contribution in [3.63, 3.8) is 0 Å². The van der Waals surface area contributed by atoms with Crippen LogP contribution in [0.3, 0.4) is 0 Å². The topological polar surface area (TPSA) is 55.1 Å². The van der Waals surface area contributed by atoms with E-state index in [0.717, 1.165) is 25.2 Å². The summed E-state index contributed by atoms with van der Waals surface area (Å²) >= 11 is 8.22. The molecule has 1 amide bonds. The average Bonchev–Trinajstić information content (AvgIpc) is 2.71. The Balaban J connectivity index is 1.87. The molecule has 0 bridgehead atoms. The molecule has 3 N–H and O–H groups in total. The van der Waals surface area contributed by atoms with Gasteiger partial charge < -0.3 is 11.1 Å². The first kappa shape index (κ1) is 14.6. The molecular formula is C13H12Br2N2OS. The van der Waals surface area contributed by atoms with Gasteiger partial charge in [0.2, 0.25) is 0 Å². The minimum Gasteiger partial charge on any atom is -0.399 e. The summed E-state index contributed by atoms with van der Waals surface area (Å²) in [7, 11) is 0. The highest BCUT2D eigenvalue weighted by Gasteiger charge is 2.12. The van der Waals surface area contributed by atoms with Crippen LogP contribution in [-0.2, 0) is 6.42 Å². The SMILES string of the molecule is Nc1ccc(CCNC(=O)c2cc(Br)sc2Br)cc1. The maximum absolute atomic E-state index is 11.9. The fourth-order valence-corrected chi connectivity index (χ4v) is 4.39. The van der Waals surface area contributed by atoms with Crippen molar-refractivity contribution < 1.29 is 4.79 Å². The van der Waals surface area contributed by atoms with E-state index in [9.17, 15) is 4.79 Å². The van der Waals surface area contributed by atoms with Crippen LogP contribution in [0.25, 0.3) is 0 Å². The van der Waals surface area contributed by atoms with Gasteiger partial charge in [0.15, 0.2) is 0 Å². The molecule has 0 aliphatic rings. The minimum absolute atomic E-state index is 0.0655. The molecule has 0 aliphatic heterocycles. The number of halogens is 2. The Morgan fingerprint density at radius 3 is 2.53 bits per heavy atom. The van der Waals surface area contributed by atoms with Crippen LogP contribution in [0.2, 0.25) is 0 Å². The number of nitrogen functional groups attached to an aromatic ring is 1. The van der Waals surface area contributed by atoms with Crippen LogP contribution in [0.5, 0.6) is 0 Å². The van der Waals surface area contributed by atoms with Gasteiger partial charge in [0.25, 0.3) is 5.91 Å². The van der Waals surface area contributed by atoms with Crippen molar-refractivity contribution in [2.24, 2.45) is 0 Å². The first-order chi connectivity index (χ1) is 9.06. The Morgan fingerprint density at radius 1 is 1.26 bits per heavy atom.